The number of thiazole rings is 1. The third-order valence-corrected chi connectivity index (χ3v) is 7.97. The van der Waals surface area contributed by atoms with Gasteiger partial charge in [0, 0.05) is 46.7 Å². The first-order valence-electron chi connectivity index (χ1n) is 11.1. The third-order valence-electron chi connectivity index (χ3n) is 5.65. The number of nitrogens with zero attached hydrogens (tertiary/aromatic N) is 4. The molecule has 9 nitrogen and oxygen atoms in total. The number of aromatic nitrogens is 5. The highest BCUT2D eigenvalue weighted by Crippen LogP contribution is 2.30. The molecule has 0 spiro atoms. The van der Waals surface area contributed by atoms with Crippen molar-refractivity contribution < 1.29 is 22.0 Å². The van der Waals surface area contributed by atoms with Gasteiger partial charge in [0.15, 0.2) is 10.9 Å². The fraction of sp³-hybridized carbons (Fsp3) is 0.167. The number of hydrogen-bond acceptors (Lipinski definition) is 7. The van der Waals surface area contributed by atoms with E-state index in [1.54, 1.807) is 31.6 Å². The fourth-order valence-corrected chi connectivity index (χ4v) is 5.88. The molecule has 2 N–H and O–H groups in total. The van der Waals surface area contributed by atoms with Gasteiger partial charge in [-0.05, 0) is 31.5 Å². The minimum atomic E-state index is -3.86. The Hall–Kier alpha value is -3.97. The van der Waals surface area contributed by atoms with Gasteiger partial charge in [0.1, 0.15) is 17.3 Å². The number of aromatic amines is 1. The lowest BCUT2D eigenvalue weighted by molar-refractivity contribution is 0.103. The quantitative estimate of drug-likeness (QED) is 0.271. The zero-order valence-corrected chi connectivity index (χ0v) is 21.3. The van der Waals surface area contributed by atoms with E-state index in [0.717, 1.165) is 18.0 Å². The normalized spacial score (nSPS) is 11.8. The van der Waals surface area contributed by atoms with E-state index >= 15 is 4.39 Å². The number of rotatable bonds is 8. The smallest absolute Gasteiger partial charge is 0.232 e. The largest absolute Gasteiger partial charge is 0.345 e. The molecule has 0 unspecified atom stereocenters. The lowest BCUT2D eigenvalue weighted by Gasteiger charge is -2.11. The molecule has 5 aromatic rings. The molecule has 4 aromatic heterocycles. The second-order valence-corrected chi connectivity index (χ2v) is 10.9. The number of hydrogen-bond donors (Lipinski definition) is 2. The number of ketones is 1. The summed E-state index contributed by atoms with van der Waals surface area (Å²) in [6.45, 7) is 3.51. The first-order chi connectivity index (χ1) is 17.7. The Kier molecular flexibility index (Phi) is 6.33. The molecule has 5 rings (SSSR count). The van der Waals surface area contributed by atoms with Crippen LogP contribution in [0, 0.1) is 18.6 Å². The van der Waals surface area contributed by atoms with E-state index in [2.05, 4.69) is 24.7 Å². The minimum absolute atomic E-state index is 0.0170. The monoisotopic (exact) mass is 542 g/mol. The number of H-pyrrole nitrogens is 1. The second-order valence-electron chi connectivity index (χ2n) is 8.22. The molecular formula is C24H20F2N6O3S2. The Labute approximate surface area is 214 Å². The third kappa shape index (κ3) is 4.62. The van der Waals surface area contributed by atoms with E-state index in [0.29, 0.717) is 33.8 Å². The zero-order chi connectivity index (χ0) is 26.3. The van der Waals surface area contributed by atoms with E-state index in [-0.39, 0.29) is 11.3 Å². The maximum absolute atomic E-state index is 15.2. The first kappa shape index (κ1) is 24.7. The van der Waals surface area contributed by atoms with Gasteiger partial charge in [0.25, 0.3) is 0 Å². The van der Waals surface area contributed by atoms with Crippen LogP contribution in [0.25, 0.3) is 27.4 Å². The average molecular weight is 543 g/mol. The molecule has 0 saturated carbocycles. The van der Waals surface area contributed by atoms with E-state index in [4.69, 9.17) is 0 Å². The van der Waals surface area contributed by atoms with Crippen molar-refractivity contribution in [2.45, 2.75) is 20.3 Å². The van der Waals surface area contributed by atoms with Crippen LogP contribution in [0.5, 0.6) is 0 Å². The lowest BCUT2D eigenvalue weighted by Crippen LogP contribution is -2.18. The van der Waals surface area contributed by atoms with Gasteiger partial charge in [-0.1, -0.05) is 6.92 Å². The minimum Gasteiger partial charge on any atom is -0.345 e. The standard InChI is InChI=1S/C24H20F2N6O3S2/c1-3-8-37(34,35)31-18-5-4-17(25)20(21(18)26)22(33)16-11-29-23-15(16)9-14(10-28-23)19-12-36-24(30-19)32-7-6-27-13(32)2/h4-7,9-12,31H,3,8H2,1-2H3,(H,28,29). The first-order valence-corrected chi connectivity index (χ1v) is 13.7. The summed E-state index contributed by atoms with van der Waals surface area (Å²) in [5.74, 6) is -2.83. The molecule has 0 atom stereocenters. The number of fused-ring (bicyclic) bond motifs is 1. The molecule has 0 aliphatic rings. The Bertz CT molecular complexity index is 1760. The van der Waals surface area contributed by atoms with Crippen molar-refractivity contribution in [2.24, 2.45) is 0 Å². The molecule has 0 bridgehead atoms. The molecule has 0 fully saturated rings. The van der Waals surface area contributed by atoms with Crippen LogP contribution >= 0.6 is 11.3 Å². The summed E-state index contributed by atoms with van der Waals surface area (Å²) < 4.78 is 58.1. The number of imidazole rings is 1. The van der Waals surface area contributed by atoms with Crippen LogP contribution in [0.2, 0.25) is 0 Å². The van der Waals surface area contributed by atoms with E-state index in [1.165, 1.54) is 17.5 Å². The highest BCUT2D eigenvalue weighted by Gasteiger charge is 2.26. The molecule has 190 valence electrons. The number of carbonyl (C=O) groups excluding carboxylic acids is 1. The van der Waals surface area contributed by atoms with Crippen LogP contribution in [-0.2, 0) is 10.0 Å². The maximum Gasteiger partial charge on any atom is 0.232 e. The van der Waals surface area contributed by atoms with Crippen molar-refractivity contribution in [1.29, 1.82) is 0 Å². The predicted octanol–water partition coefficient (Wildman–Crippen LogP) is 4.84. The van der Waals surface area contributed by atoms with E-state index in [1.807, 2.05) is 16.9 Å². The Morgan fingerprint density at radius 1 is 1.24 bits per heavy atom. The van der Waals surface area contributed by atoms with E-state index < -0.39 is 38.7 Å². The molecule has 0 saturated heterocycles. The van der Waals surface area contributed by atoms with Crippen LogP contribution < -0.4 is 4.72 Å². The van der Waals surface area contributed by atoms with Crippen molar-refractivity contribution >= 4 is 43.9 Å². The second kappa shape index (κ2) is 9.48. The summed E-state index contributed by atoms with van der Waals surface area (Å²) in [6.07, 6.45) is 6.66. The molecule has 13 heteroatoms. The Balaban J connectivity index is 1.53. The number of halogens is 2. The number of anilines is 1. The van der Waals surface area contributed by atoms with Gasteiger partial charge < -0.3 is 4.98 Å². The summed E-state index contributed by atoms with van der Waals surface area (Å²) in [5.41, 5.74) is 0.164. The van der Waals surface area contributed by atoms with Crippen molar-refractivity contribution in [1.82, 2.24) is 24.5 Å². The number of pyridine rings is 1. The molecular weight excluding hydrogens is 522 g/mol. The van der Waals surface area contributed by atoms with Gasteiger partial charge in [-0.25, -0.2) is 32.2 Å². The molecule has 1 aromatic carbocycles. The molecule has 0 amide bonds. The van der Waals surface area contributed by atoms with Crippen LogP contribution in [0.4, 0.5) is 14.5 Å². The topological polar surface area (TPSA) is 123 Å². The summed E-state index contributed by atoms with van der Waals surface area (Å²) >= 11 is 1.40. The molecule has 0 radical (unpaired) electrons. The van der Waals surface area contributed by atoms with Gasteiger partial charge >= 0.3 is 0 Å². The van der Waals surface area contributed by atoms with Gasteiger partial charge in [0.2, 0.25) is 15.8 Å². The van der Waals surface area contributed by atoms with Crippen LogP contribution in [-0.4, -0.2) is 44.5 Å². The predicted molar refractivity (Wildman–Crippen MR) is 137 cm³/mol. The Morgan fingerprint density at radius 3 is 2.78 bits per heavy atom. The summed E-state index contributed by atoms with van der Waals surface area (Å²) in [7, 11) is -3.86. The highest BCUT2D eigenvalue weighted by atomic mass is 32.2. The van der Waals surface area contributed by atoms with Crippen LogP contribution in [0.15, 0.2) is 48.4 Å². The molecule has 0 aliphatic carbocycles. The van der Waals surface area contributed by atoms with Crippen molar-refractivity contribution in [3.63, 3.8) is 0 Å². The van der Waals surface area contributed by atoms with E-state index in [9.17, 15) is 17.6 Å². The van der Waals surface area contributed by atoms with Crippen molar-refractivity contribution in [2.75, 3.05) is 10.5 Å². The summed E-state index contributed by atoms with van der Waals surface area (Å²) in [6, 6.07) is 3.47. The zero-order valence-electron chi connectivity index (χ0n) is 19.6. The summed E-state index contributed by atoms with van der Waals surface area (Å²) in [5, 5.41) is 2.87. The number of aryl methyl sites for hydroxylation is 1. The number of sulfonamides is 1. The fourth-order valence-electron chi connectivity index (χ4n) is 3.88. The van der Waals surface area contributed by atoms with Gasteiger partial charge in [0.05, 0.1) is 22.7 Å². The maximum atomic E-state index is 15.2. The molecule has 0 aliphatic heterocycles. The number of carbonyl (C=O) groups is 1. The van der Waals surface area contributed by atoms with Crippen LogP contribution in [0.3, 0.4) is 0 Å². The highest BCUT2D eigenvalue weighted by molar-refractivity contribution is 7.92. The summed E-state index contributed by atoms with van der Waals surface area (Å²) in [4.78, 5) is 29.3. The average Bonchev–Trinajstić information content (AvgIpc) is 3.59. The SMILES string of the molecule is CCCS(=O)(=O)Nc1ccc(F)c(C(=O)c2c[nH]c3ncc(-c4csc(-n5ccnc5C)n4)cc23)c1F. The van der Waals surface area contributed by atoms with Gasteiger partial charge in [-0.2, -0.15) is 0 Å². The lowest BCUT2D eigenvalue weighted by atomic mass is 10.0. The van der Waals surface area contributed by atoms with Crippen LogP contribution in [0.1, 0.15) is 35.1 Å². The van der Waals surface area contributed by atoms with Gasteiger partial charge in [-0.3, -0.25) is 14.1 Å². The van der Waals surface area contributed by atoms with Gasteiger partial charge in [-0.15, -0.1) is 11.3 Å². The van der Waals surface area contributed by atoms with Crippen molar-refractivity contribution in [3.8, 4) is 16.4 Å². The number of nitrogens with one attached hydrogen (secondary N) is 2. The van der Waals surface area contributed by atoms with Crippen molar-refractivity contribution in [3.05, 3.63) is 77.0 Å². The molecule has 4 heterocycles. The Morgan fingerprint density at radius 2 is 2.05 bits per heavy atom. The molecule has 37 heavy (non-hydrogen) atoms. The number of benzene rings is 1.